The molecule has 1 N–H and O–H groups in total. The molecule has 1 aromatic carbocycles. The number of unbranched alkanes of at least 4 members (excludes halogenated alkanes) is 2. The lowest BCUT2D eigenvalue weighted by molar-refractivity contribution is -0.118. The summed E-state index contributed by atoms with van der Waals surface area (Å²) < 4.78 is 0. The van der Waals surface area contributed by atoms with Crippen molar-refractivity contribution in [2.75, 3.05) is 12.3 Å². The summed E-state index contributed by atoms with van der Waals surface area (Å²) in [7, 11) is 0. The predicted octanol–water partition coefficient (Wildman–Crippen LogP) is 3.09. The second kappa shape index (κ2) is 8.22. The molecule has 0 aromatic heterocycles. The standard InChI is InChI=1S/C13H19NOS/c1-2-3-7-10-14-13(15)11-16-12-8-5-4-6-9-12/h4-6,8-9H,2-3,7,10-11H2,1H3,(H,14,15). The van der Waals surface area contributed by atoms with Gasteiger partial charge in [-0.15, -0.1) is 11.8 Å². The van der Waals surface area contributed by atoms with Gasteiger partial charge in [-0.05, 0) is 18.6 Å². The normalized spacial score (nSPS) is 10.1. The van der Waals surface area contributed by atoms with E-state index in [1.807, 2.05) is 30.3 Å². The molecule has 0 aliphatic rings. The smallest absolute Gasteiger partial charge is 0.230 e. The van der Waals surface area contributed by atoms with Crippen molar-refractivity contribution in [3.8, 4) is 0 Å². The Morgan fingerprint density at radius 1 is 1.25 bits per heavy atom. The van der Waals surface area contributed by atoms with Crippen molar-refractivity contribution in [1.29, 1.82) is 0 Å². The molecule has 0 bridgehead atoms. The molecular weight excluding hydrogens is 218 g/mol. The van der Waals surface area contributed by atoms with Gasteiger partial charge in [0.1, 0.15) is 0 Å². The van der Waals surface area contributed by atoms with Crippen LogP contribution in [0.25, 0.3) is 0 Å². The van der Waals surface area contributed by atoms with E-state index in [-0.39, 0.29) is 5.91 Å². The molecule has 1 amide bonds. The van der Waals surface area contributed by atoms with Crippen LogP contribution in [0.2, 0.25) is 0 Å². The minimum Gasteiger partial charge on any atom is -0.355 e. The van der Waals surface area contributed by atoms with Gasteiger partial charge in [0.15, 0.2) is 0 Å². The number of nitrogens with one attached hydrogen (secondary N) is 1. The predicted molar refractivity (Wildman–Crippen MR) is 69.7 cm³/mol. The quantitative estimate of drug-likeness (QED) is 0.583. The van der Waals surface area contributed by atoms with Crippen LogP contribution < -0.4 is 5.32 Å². The maximum atomic E-state index is 11.4. The molecule has 1 rings (SSSR count). The van der Waals surface area contributed by atoms with E-state index in [0.29, 0.717) is 5.75 Å². The van der Waals surface area contributed by atoms with Gasteiger partial charge in [-0.3, -0.25) is 4.79 Å². The maximum absolute atomic E-state index is 11.4. The first-order chi connectivity index (χ1) is 7.83. The minimum atomic E-state index is 0.130. The fourth-order valence-corrected chi connectivity index (χ4v) is 2.07. The van der Waals surface area contributed by atoms with Crippen molar-refractivity contribution in [1.82, 2.24) is 5.32 Å². The van der Waals surface area contributed by atoms with Crippen molar-refractivity contribution in [2.24, 2.45) is 0 Å². The van der Waals surface area contributed by atoms with Gasteiger partial charge >= 0.3 is 0 Å². The van der Waals surface area contributed by atoms with E-state index in [4.69, 9.17) is 0 Å². The zero-order valence-corrected chi connectivity index (χ0v) is 10.6. The van der Waals surface area contributed by atoms with Crippen LogP contribution in [0.1, 0.15) is 26.2 Å². The summed E-state index contributed by atoms with van der Waals surface area (Å²) in [5, 5.41) is 2.93. The Balaban J connectivity index is 2.11. The van der Waals surface area contributed by atoms with E-state index in [2.05, 4.69) is 12.2 Å². The van der Waals surface area contributed by atoms with Crippen molar-refractivity contribution >= 4 is 17.7 Å². The van der Waals surface area contributed by atoms with Gasteiger partial charge < -0.3 is 5.32 Å². The highest BCUT2D eigenvalue weighted by atomic mass is 32.2. The van der Waals surface area contributed by atoms with Gasteiger partial charge in [0, 0.05) is 11.4 Å². The Bertz CT molecular complexity index is 300. The second-order valence-electron chi connectivity index (χ2n) is 3.66. The molecule has 0 atom stereocenters. The largest absolute Gasteiger partial charge is 0.355 e. The second-order valence-corrected chi connectivity index (χ2v) is 4.71. The summed E-state index contributed by atoms with van der Waals surface area (Å²) >= 11 is 1.58. The highest BCUT2D eigenvalue weighted by molar-refractivity contribution is 8.00. The van der Waals surface area contributed by atoms with Gasteiger partial charge in [-0.1, -0.05) is 38.0 Å². The van der Waals surface area contributed by atoms with Crippen LogP contribution in [0.5, 0.6) is 0 Å². The van der Waals surface area contributed by atoms with Gasteiger partial charge in [0.2, 0.25) is 5.91 Å². The van der Waals surface area contributed by atoms with E-state index in [0.717, 1.165) is 17.9 Å². The zero-order chi connectivity index (χ0) is 11.6. The molecule has 0 spiro atoms. The summed E-state index contributed by atoms with van der Waals surface area (Å²) in [5.41, 5.74) is 0. The third-order valence-corrected chi connectivity index (χ3v) is 3.23. The highest BCUT2D eigenvalue weighted by Gasteiger charge is 2.01. The van der Waals surface area contributed by atoms with E-state index in [1.54, 1.807) is 11.8 Å². The molecule has 0 aliphatic carbocycles. The number of hydrogen-bond acceptors (Lipinski definition) is 2. The lowest BCUT2D eigenvalue weighted by atomic mass is 10.2. The first kappa shape index (κ1) is 13.1. The van der Waals surface area contributed by atoms with Crippen LogP contribution in [0, 0.1) is 0 Å². The molecule has 0 saturated carbocycles. The first-order valence-corrected chi connectivity index (χ1v) is 6.76. The van der Waals surface area contributed by atoms with Gasteiger partial charge in [0.25, 0.3) is 0 Å². The monoisotopic (exact) mass is 237 g/mol. The molecule has 0 saturated heterocycles. The highest BCUT2D eigenvalue weighted by Crippen LogP contribution is 2.16. The molecule has 0 heterocycles. The maximum Gasteiger partial charge on any atom is 0.230 e. The van der Waals surface area contributed by atoms with Crippen LogP contribution >= 0.6 is 11.8 Å². The fourth-order valence-electron chi connectivity index (χ4n) is 1.32. The summed E-state index contributed by atoms with van der Waals surface area (Å²) in [6.45, 7) is 2.97. The summed E-state index contributed by atoms with van der Waals surface area (Å²) in [6.07, 6.45) is 3.46. The molecule has 88 valence electrons. The van der Waals surface area contributed by atoms with E-state index >= 15 is 0 Å². The van der Waals surface area contributed by atoms with Crippen LogP contribution in [0.3, 0.4) is 0 Å². The number of hydrogen-bond donors (Lipinski definition) is 1. The summed E-state index contributed by atoms with van der Waals surface area (Å²) in [6, 6.07) is 10.0. The zero-order valence-electron chi connectivity index (χ0n) is 9.74. The van der Waals surface area contributed by atoms with Crippen LogP contribution in [0.15, 0.2) is 35.2 Å². The van der Waals surface area contributed by atoms with Gasteiger partial charge in [-0.2, -0.15) is 0 Å². The fraction of sp³-hybridized carbons (Fsp3) is 0.462. The van der Waals surface area contributed by atoms with Crippen LogP contribution in [-0.4, -0.2) is 18.2 Å². The molecule has 3 heteroatoms. The SMILES string of the molecule is CCCCCNC(=O)CSc1ccccc1. The molecule has 0 fully saturated rings. The van der Waals surface area contributed by atoms with E-state index < -0.39 is 0 Å². The Morgan fingerprint density at radius 2 is 2.00 bits per heavy atom. The van der Waals surface area contributed by atoms with Crippen molar-refractivity contribution < 1.29 is 4.79 Å². The molecule has 2 nitrogen and oxygen atoms in total. The lowest BCUT2D eigenvalue weighted by Gasteiger charge is -2.04. The van der Waals surface area contributed by atoms with E-state index in [1.165, 1.54) is 12.8 Å². The number of thioether (sulfide) groups is 1. The Labute approximate surface area is 102 Å². The number of carbonyl (C=O) groups excluding carboxylic acids is 1. The van der Waals surface area contributed by atoms with Gasteiger partial charge in [0.05, 0.1) is 5.75 Å². The lowest BCUT2D eigenvalue weighted by Crippen LogP contribution is -2.26. The summed E-state index contributed by atoms with van der Waals surface area (Å²) in [5.74, 6) is 0.640. The van der Waals surface area contributed by atoms with E-state index in [9.17, 15) is 4.79 Å². The van der Waals surface area contributed by atoms with Crippen molar-refractivity contribution in [3.63, 3.8) is 0 Å². The average molecular weight is 237 g/mol. The minimum absolute atomic E-state index is 0.130. The molecule has 0 aliphatic heterocycles. The number of rotatable bonds is 7. The number of benzene rings is 1. The Kier molecular flexibility index (Phi) is 6.74. The Morgan fingerprint density at radius 3 is 2.69 bits per heavy atom. The average Bonchev–Trinajstić information content (AvgIpc) is 2.33. The Hall–Kier alpha value is -0.960. The number of amides is 1. The third-order valence-electron chi connectivity index (χ3n) is 2.22. The van der Waals surface area contributed by atoms with Crippen molar-refractivity contribution in [2.45, 2.75) is 31.1 Å². The third kappa shape index (κ3) is 5.81. The topological polar surface area (TPSA) is 29.1 Å². The molecule has 0 radical (unpaired) electrons. The van der Waals surface area contributed by atoms with Crippen LogP contribution in [0.4, 0.5) is 0 Å². The molecular formula is C13H19NOS. The molecule has 1 aromatic rings. The number of carbonyl (C=O) groups is 1. The van der Waals surface area contributed by atoms with Crippen LogP contribution in [-0.2, 0) is 4.79 Å². The summed E-state index contributed by atoms with van der Waals surface area (Å²) in [4.78, 5) is 12.6. The van der Waals surface area contributed by atoms with Gasteiger partial charge in [-0.25, -0.2) is 0 Å². The molecule has 16 heavy (non-hydrogen) atoms. The van der Waals surface area contributed by atoms with Crippen molar-refractivity contribution in [3.05, 3.63) is 30.3 Å². The molecule has 0 unspecified atom stereocenters. The first-order valence-electron chi connectivity index (χ1n) is 5.77.